The summed E-state index contributed by atoms with van der Waals surface area (Å²) in [6.45, 7) is 2.33. The van der Waals surface area contributed by atoms with Gasteiger partial charge in [-0.25, -0.2) is 10.2 Å². The number of halogens is 1. The van der Waals surface area contributed by atoms with Crippen molar-refractivity contribution < 1.29 is 14.3 Å². The molecule has 0 amide bonds. The van der Waals surface area contributed by atoms with Gasteiger partial charge in [0.2, 0.25) is 0 Å². The summed E-state index contributed by atoms with van der Waals surface area (Å²) in [5.74, 6) is 3.27. The van der Waals surface area contributed by atoms with Crippen LogP contribution in [0.1, 0.15) is 76.2 Å². The minimum atomic E-state index is -0.343. The highest BCUT2D eigenvalue weighted by molar-refractivity contribution is 7.98. The molecule has 0 radical (unpaired) electrons. The number of fused-ring (bicyclic) bond motifs is 7. The SMILES string of the molecule is COC(=O)c1c2c3ccc(Cl)c(c3n1C)/C=C1\CCCCN1NCCSCc1cc(n(C)n1)CSc1cc3c(c(c1)OCCC2)C=CCC3. The Kier molecular flexibility index (Phi) is 10.7. The first-order valence-electron chi connectivity index (χ1n) is 17.2. The van der Waals surface area contributed by atoms with Crippen molar-refractivity contribution in [3.05, 3.63) is 86.5 Å². The summed E-state index contributed by atoms with van der Waals surface area (Å²) in [6, 6.07) is 10.8. The molecular formula is C38H44ClN5O3S2. The average Bonchev–Trinajstić information content (AvgIpc) is 3.61. The smallest absolute Gasteiger partial charge is 0.354 e. The zero-order chi connectivity index (χ0) is 33.9. The molecule has 2 aromatic carbocycles. The second kappa shape index (κ2) is 15.3. The molecule has 1 fully saturated rings. The third-order valence-electron chi connectivity index (χ3n) is 9.65. The second-order valence-electron chi connectivity index (χ2n) is 12.9. The topological polar surface area (TPSA) is 73.5 Å². The number of hydrogen-bond acceptors (Lipinski definition) is 8. The molecule has 3 aliphatic rings. The Labute approximate surface area is 302 Å². The molecule has 258 valence electrons. The summed E-state index contributed by atoms with van der Waals surface area (Å²) in [5.41, 5.74) is 13.2. The predicted molar refractivity (Wildman–Crippen MR) is 202 cm³/mol. The summed E-state index contributed by atoms with van der Waals surface area (Å²) in [6.07, 6.45) is 13.3. The number of carbonyl (C=O) groups is 1. The fourth-order valence-electron chi connectivity index (χ4n) is 7.22. The van der Waals surface area contributed by atoms with E-state index in [1.807, 2.05) is 59.0 Å². The monoisotopic (exact) mass is 717 g/mol. The molecule has 49 heavy (non-hydrogen) atoms. The van der Waals surface area contributed by atoms with Crippen LogP contribution in [-0.2, 0) is 43.2 Å². The number of nitrogens with zero attached hydrogens (tertiary/aromatic N) is 4. The molecule has 8 nitrogen and oxygen atoms in total. The van der Waals surface area contributed by atoms with Crippen molar-refractivity contribution in [1.82, 2.24) is 24.8 Å². The van der Waals surface area contributed by atoms with Crippen molar-refractivity contribution in [2.24, 2.45) is 14.1 Å². The van der Waals surface area contributed by atoms with Gasteiger partial charge in [0.25, 0.3) is 0 Å². The summed E-state index contributed by atoms with van der Waals surface area (Å²) < 4.78 is 15.9. The Morgan fingerprint density at radius 3 is 2.84 bits per heavy atom. The van der Waals surface area contributed by atoms with Gasteiger partial charge in [0.05, 0.1) is 24.9 Å². The maximum atomic E-state index is 13.3. The molecule has 1 saturated heterocycles. The van der Waals surface area contributed by atoms with Gasteiger partial charge in [0.1, 0.15) is 11.4 Å². The highest BCUT2D eigenvalue weighted by atomic mass is 35.5. The Hall–Kier alpha value is -3.31. The average molecular weight is 718 g/mol. The molecule has 4 aromatic rings. The fraction of sp³-hybridized carbons (Fsp3) is 0.421. The van der Waals surface area contributed by atoms with Crippen molar-refractivity contribution in [3.63, 3.8) is 0 Å². The minimum absolute atomic E-state index is 0.343. The van der Waals surface area contributed by atoms with E-state index < -0.39 is 0 Å². The van der Waals surface area contributed by atoms with Crippen LogP contribution < -0.4 is 10.2 Å². The number of aromatic nitrogens is 3. The summed E-state index contributed by atoms with van der Waals surface area (Å²) >= 11 is 10.7. The lowest BCUT2D eigenvalue weighted by atomic mass is 9.96. The van der Waals surface area contributed by atoms with Crippen molar-refractivity contribution in [3.8, 4) is 5.75 Å². The van der Waals surface area contributed by atoms with E-state index in [-0.39, 0.29) is 5.97 Å². The van der Waals surface area contributed by atoms with E-state index in [2.05, 4.69) is 46.9 Å². The third-order valence-corrected chi connectivity index (χ3v) is 12.0. The van der Waals surface area contributed by atoms with E-state index >= 15 is 0 Å². The van der Waals surface area contributed by atoms with Crippen LogP contribution in [0, 0.1) is 0 Å². The van der Waals surface area contributed by atoms with Crippen LogP contribution in [0.5, 0.6) is 5.75 Å². The first-order valence-corrected chi connectivity index (χ1v) is 19.7. The number of esters is 1. The van der Waals surface area contributed by atoms with E-state index in [9.17, 15) is 4.79 Å². The number of piperidine rings is 1. The number of rotatable bonds is 1. The van der Waals surface area contributed by atoms with Crippen molar-refractivity contribution in [2.75, 3.05) is 32.6 Å². The molecule has 11 heteroatoms. The summed E-state index contributed by atoms with van der Waals surface area (Å²) in [7, 11) is 5.44. The van der Waals surface area contributed by atoms with Gasteiger partial charge in [-0.2, -0.15) is 16.9 Å². The van der Waals surface area contributed by atoms with Crippen molar-refractivity contribution in [2.45, 2.75) is 61.3 Å². The molecule has 0 unspecified atom stereocenters. The number of hydrazine groups is 1. The van der Waals surface area contributed by atoms with Gasteiger partial charge in [-0.15, -0.1) is 11.8 Å². The Balaban J connectivity index is 1.25. The van der Waals surface area contributed by atoms with E-state index in [1.54, 1.807) is 0 Å². The summed E-state index contributed by atoms with van der Waals surface area (Å²) in [4.78, 5) is 14.5. The standard InChI is InChI=1S/C38H44ClN5O3S2/c1-42-36-32-13-14-34(39)33(36)21-27-10-6-7-16-44(27)40-15-18-48-23-26-20-28(43(2)41-26)24-49-29-19-25-9-4-5-11-30(25)35(22-29)47-17-8-12-31(32)37(42)38(45)46-3/h5,11,13-14,19-22,40H,4,6-10,12,15-18,23-24H2,1-3H3/b27-21+. The first-order chi connectivity index (χ1) is 23.9. The lowest BCUT2D eigenvalue weighted by Gasteiger charge is -2.32. The van der Waals surface area contributed by atoms with Gasteiger partial charge in [-0.05, 0) is 86.4 Å². The van der Waals surface area contributed by atoms with Crippen LogP contribution in [0.3, 0.4) is 0 Å². The fourth-order valence-corrected chi connectivity index (χ4v) is 9.16. The number of ether oxygens (including phenoxy) is 2. The molecule has 1 aliphatic carbocycles. The van der Waals surface area contributed by atoms with Gasteiger partial charge in [0.15, 0.2) is 0 Å². The van der Waals surface area contributed by atoms with Gasteiger partial charge >= 0.3 is 5.97 Å². The lowest BCUT2D eigenvalue weighted by Crippen LogP contribution is -2.41. The van der Waals surface area contributed by atoms with Crippen LogP contribution in [0.15, 0.2) is 47.0 Å². The predicted octanol–water partition coefficient (Wildman–Crippen LogP) is 8.19. The van der Waals surface area contributed by atoms with Crippen LogP contribution >= 0.6 is 35.1 Å². The third kappa shape index (κ3) is 7.29. The number of benzene rings is 2. The van der Waals surface area contributed by atoms with E-state index in [4.69, 9.17) is 26.2 Å². The zero-order valence-corrected chi connectivity index (χ0v) is 30.9. The number of allylic oxidation sites excluding steroid dienone is 2. The second-order valence-corrected chi connectivity index (χ2v) is 15.4. The first kappa shape index (κ1) is 34.2. The zero-order valence-electron chi connectivity index (χ0n) is 28.5. The lowest BCUT2D eigenvalue weighted by molar-refractivity contribution is 0.0589. The molecule has 0 saturated carbocycles. The maximum Gasteiger partial charge on any atom is 0.354 e. The van der Waals surface area contributed by atoms with Crippen LogP contribution in [0.25, 0.3) is 23.1 Å². The quantitative estimate of drug-likeness (QED) is 0.198. The number of thioether (sulfide) groups is 2. The highest BCUT2D eigenvalue weighted by Gasteiger charge is 2.25. The Morgan fingerprint density at radius 1 is 1.06 bits per heavy atom. The van der Waals surface area contributed by atoms with Crippen LogP contribution in [-0.4, -0.2) is 57.9 Å². The minimum Gasteiger partial charge on any atom is -0.493 e. The van der Waals surface area contributed by atoms with Crippen LogP contribution in [0.2, 0.25) is 5.02 Å². The molecule has 2 aromatic heterocycles. The number of carbonyl (C=O) groups excluding carboxylic acids is 1. The number of methoxy groups -OCH3 is 1. The van der Waals surface area contributed by atoms with Gasteiger partial charge < -0.3 is 19.0 Å². The highest BCUT2D eigenvalue weighted by Crippen LogP contribution is 2.38. The largest absolute Gasteiger partial charge is 0.493 e. The number of hydrogen-bond donors (Lipinski definition) is 1. The molecule has 0 atom stereocenters. The van der Waals surface area contributed by atoms with E-state index in [0.717, 1.165) is 102 Å². The maximum absolute atomic E-state index is 13.3. The molecule has 0 spiro atoms. The summed E-state index contributed by atoms with van der Waals surface area (Å²) in [5, 5.41) is 8.81. The van der Waals surface area contributed by atoms with Gasteiger partial charge in [0, 0.05) is 82.3 Å². The van der Waals surface area contributed by atoms with E-state index in [0.29, 0.717) is 23.7 Å². The normalized spacial score (nSPS) is 18.6. The van der Waals surface area contributed by atoms with Crippen molar-refractivity contribution >= 4 is 64.1 Å². The number of nitrogens with one attached hydrogen (secondary N) is 1. The molecule has 2 aliphatic heterocycles. The Morgan fingerprint density at radius 2 is 1.96 bits per heavy atom. The molecule has 7 rings (SSSR count). The van der Waals surface area contributed by atoms with E-state index in [1.165, 1.54) is 34.5 Å². The number of aryl methyl sites for hydroxylation is 4. The van der Waals surface area contributed by atoms with Gasteiger partial charge in [-0.3, -0.25) is 4.68 Å². The molecule has 1 N–H and O–H groups in total. The molecule has 4 heterocycles. The Bertz CT molecular complexity index is 1930. The van der Waals surface area contributed by atoms with Crippen molar-refractivity contribution in [1.29, 1.82) is 0 Å². The van der Waals surface area contributed by atoms with Gasteiger partial charge in [-0.1, -0.05) is 29.8 Å². The van der Waals surface area contributed by atoms with Crippen LogP contribution in [0.4, 0.5) is 0 Å². The molecular weight excluding hydrogens is 674 g/mol. The molecule has 8 bridgehead atoms.